The molecule has 114 valence electrons. The molecule has 0 aromatic heterocycles. The number of nitrogens with two attached hydrogens (primary N) is 1. The van der Waals surface area contributed by atoms with Gasteiger partial charge < -0.3 is 15.8 Å². The Morgan fingerprint density at radius 2 is 1.77 bits per heavy atom. The van der Waals surface area contributed by atoms with E-state index >= 15 is 0 Å². The Balaban J connectivity index is 1.98. The zero-order valence-corrected chi connectivity index (χ0v) is 12.6. The molecule has 0 fully saturated rings. The maximum atomic E-state index is 12.0. The first-order valence-corrected chi connectivity index (χ1v) is 6.97. The van der Waals surface area contributed by atoms with Crippen LogP contribution in [0.15, 0.2) is 48.5 Å². The van der Waals surface area contributed by atoms with E-state index in [1.54, 1.807) is 36.4 Å². The van der Waals surface area contributed by atoms with Crippen LogP contribution in [0.4, 0.5) is 11.4 Å². The van der Waals surface area contributed by atoms with E-state index in [0.29, 0.717) is 22.0 Å². The molecule has 1 unspecified atom stereocenters. The van der Waals surface area contributed by atoms with E-state index in [-0.39, 0.29) is 0 Å². The molecule has 5 nitrogen and oxygen atoms in total. The van der Waals surface area contributed by atoms with Crippen molar-refractivity contribution >= 4 is 34.9 Å². The molecule has 0 bridgehead atoms. The second-order valence-corrected chi connectivity index (χ2v) is 5.05. The summed E-state index contributed by atoms with van der Waals surface area (Å²) in [5.41, 5.74) is 6.88. The van der Waals surface area contributed by atoms with Crippen molar-refractivity contribution < 1.29 is 14.3 Å². The fourth-order valence-corrected chi connectivity index (χ4v) is 1.88. The van der Waals surface area contributed by atoms with E-state index in [4.69, 9.17) is 22.1 Å². The van der Waals surface area contributed by atoms with Gasteiger partial charge in [0.2, 0.25) is 0 Å². The van der Waals surface area contributed by atoms with E-state index in [1.807, 2.05) is 0 Å². The molecule has 0 spiro atoms. The number of halogens is 1. The summed E-state index contributed by atoms with van der Waals surface area (Å²) in [6.07, 6.45) is -0.957. The van der Waals surface area contributed by atoms with Gasteiger partial charge in [0, 0.05) is 5.69 Å². The van der Waals surface area contributed by atoms with Crippen LogP contribution in [0.25, 0.3) is 0 Å². The third kappa shape index (κ3) is 3.99. The zero-order chi connectivity index (χ0) is 16.1. The number of carbonyl (C=O) groups excluding carboxylic acids is 2. The van der Waals surface area contributed by atoms with Crippen molar-refractivity contribution in [1.29, 1.82) is 0 Å². The third-order valence-electron chi connectivity index (χ3n) is 2.93. The number of nitrogen functional groups attached to an aromatic ring is 1. The molecule has 1 amide bonds. The average Bonchev–Trinajstić information content (AvgIpc) is 2.50. The summed E-state index contributed by atoms with van der Waals surface area (Å²) in [6, 6.07) is 13.1. The van der Waals surface area contributed by atoms with E-state index in [1.165, 1.54) is 19.1 Å². The number of ether oxygens (including phenoxy) is 1. The van der Waals surface area contributed by atoms with Gasteiger partial charge >= 0.3 is 5.97 Å². The van der Waals surface area contributed by atoms with Crippen LogP contribution in [0.1, 0.15) is 17.3 Å². The summed E-state index contributed by atoms with van der Waals surface area (Å²) >= 11 is 5.96. The van der Waals surface area contributed by atoms with Gasteiger partial charge in [0.15, 0.2) is 6.10 Å². The largest absolute Gasteiger partial charge is 0.449 e. The number of esters is 1. The third-order valence-corrected chi connectivity index (χ3v) is 3.26. The molecule has 6 heteroatoms. The quantitative estimate of drug-likeness (QED) is 0.670. The Hall–Kier alpha value is -2.53. The predicted octanol–water partition coefficient (Wildman–Crippen LogP) is 3.11. The van der Waals surface area contributed by atoms with E-state index in [9.17, 15) is 9.59 Å². The maximum Gasteiger partial charge on any atom is 0.338 e. The first kappa shape index (κ1) is 15.9. The van der Waals surface area contributed by atoms with E-state index in [2.05, 4.69) is 5.32 Å². The minimum absolute atomic E-state index is 0.326. The van der Waals surface area contributed by atoms with Gasteiger partial charge in [-0.3, -0.25) is 4.79 Å². The number of para-hydroxylation sites is 1. The van der Waals surface area contributed by atoms with Crippen molar-refractivity contribution in [2.24, 2.45) is 0 Å². The van der Waals surface area contributed by atoms with Crippen LogP contribution in [0.3, 0.4) is 0 Å². The minimum Gasteiger partial charge on any atom is -0.449 e. The monoisotopic (exact) mass is 318 g/mol. The summed E-state index contributed by atoms with van der Waals surface area (Å²) in [5, 5.41) is 3.02. The lowest BCUT2D eigenvalue weighted by Gasteiger charge is -2.14. The first-order valence-electron chi connectivity index (χ1n) is 6.59. The van der Waals surface area contributed by atoms with Crippen LogP contribution in [0.2, 0.25) is 5.02 Å². The van der Waals surface area contributed by atoms with Gasteiger partial charge in [-0.1, -0.05) is 23.7 Å². The number of rotatable bonds is 4. The van der Waals surface area contributed by atoms with Gasteiger partial charge in [-0.05, 0) is 43.3 Å². The topological polar surface area (TPSA) is 81.4 Å². The summed E-state index contributed by atoms with van der Waals surface area (Å²) < 4.78 is 5.12. The highest BCUT2D eigenvalue weighted by Gasteiger charge is 2.19. The van der Waals surface area contributed by atoms with Crippen molar-refractivity contribution in [3.8, 4) is 0 Å². The highest BCUT2D eigenvalue weighted by Crippen LogP contribution is 2.20. The van der Waals surface area contributed by atoms with Crippen LogP contribution >= 0.6 is 11.6 Å². The molecule has 2 rings (SSSR count). The minimum atomic E-state index is -0.957. The number of benzene rings is 2. The molecule has 22 heavy (non-hydrogen) atoms. The lowest BCUT2D eigenvalue weighted by atomic mass is 10.2. The van der Waals surface area contributed by atoms with Gasteiger partial charge in [-0.15, -0.1) is 0 Å². The Bertz CT molecular complexity index is 686. The Kier molecular flexibility index (Phi) is 5.01. The van der Waals surface area contributed by atoms with Gasteiger partial charge in [-0.2, -0.15) is 0 Å². The molecular weight excluding hydrogens is 304 g/mol. The molecule has 0 radical (unpaired) electrons. The van der Waals surface area contributed by atoms with E-state index < -0.39 is 18.0 Å². The van der Waals surface area contributed by atoms with Crippen LogP contribution in [0, 0.1) is 0 Å². The molecule has 0 heterocycles. The molecule has 0 aliphatic heterocycles. The lowest BCUT2D eigenvalue weighted by Crippen LogP contribution is -2.30. The molecule has 1 atom stereocenters. The van der Waals surface area contributed by atoms with Crippen molar-refractivity contribution in [2.75, 3.05) is 11.1 Å². The molecule has 0 saturated heterocycles. The average molecular weight is 319 g/mol. The Morgan fingerprint density at radius 3 is 2.41 bits per heavy atom. The van der Waals surface area contributed by atoms with Gasteiger partial charge in [0.05, 0.1) is 16.3 Å². The van der Waals surface area contributed by atoms with Crippen LogP contribution in [0.5, 0.6) is 0 Å². The zero-order valence-electron chi connectivity index (χ0n) is 11.9. The molecule has 2 aromatic carbocycles. The van der Waals surface area contributed by atoms with Gasteiger partial charge in [0.25, 0.3) is 5.91 Å². The summed E-state index contributed by atoms with van der Waals surface area (Å²) in [7, 11) is 0. The Labute approximate surface area is 133 Å². The SMILES string of the molecule is CC(OC(=O)c1ccc(N)cc1)C(=O)Nc1ccccc1Cl. The van der Waals surface area contributed by atoms with Gasteiger partial charge in [-0.25, -0.2) is 4.79 Å². The number of amides is 1. The standard InChI is InChI=1S/C16H15ClN2O3/c1-10(15(20)19-14-5-3-2-4-13(14)17)22-16(21)11-6-8-12(18)9-7-11/h2-10H,18H2,1H3,(H,19,20). The molecule has 0 aliphatic rings. The molecule has 2 aromatic rings. The van der Waals surface area contributed by atoms with Crippen molar-refractivity contribution in [1.82, 2.24) is 0 Å². The number of anilines is 2. The highest BCUT2D eigenvalue weighted by molar-refractivity contribution is 6.33. The number of hydrogen-bond donors (Lipinski definition) is 2. The highest BCUT2D eigenvalue weighted by atomic mass is 35.5. The summed E-state index contributed by atoms with van der Waals surface area (Å²) in [5.74, 6) is -1.06. The second kappa shape index (κ2) is 6.95. The second-order valence-electron chi connectivity index (χ2n) is 4.64. The number of hydrogen-bond acceptors (Lipinski definition) is 4. The van der Waals surface area contributed by atoms with E-state index in [0.717, 1.165) is 0 Å². The normalized spacial score (nSPS) is 11.5. The van der Waals surface area contributed by atoms with Crippen molar-refractivity contribution in [3.05, 3.63) is 59.1 Å². The van der Waals surface area contributed by atoms with Crippen LogP contribution in [-0.4, -0.2) is 18.0 Å². The fourth-order valence-electron chi connectivity index (χ4n) is 1.70. The molecule has 0 aliphatic carbocycles. The fraction of sp³-hybridized carbons (Fsp3) is 0.125. The summed E-state index contributed by atoms with van der Waals surface area (Å²) in [6.45, 7) is 1.49. The smallest absolute Gasteiger partial charge is 0.338 e. The lowest BCUT2D eigenvalue weighted by molar-refractivity contribution is -0.123. The molecular formula is C16H15ClN2O3. The number of carbonyl (C=O) groups is 2. The van der Waals surface area contributed by atoms with Crippen molar-refractivity contribution in [2.45, 2.75) is 13.0 Å². The van der Waals surface area contributed by atoms with Crippen molar-refractivity contribution in [3.63, 3.8) is 0 Å². The maximum absolute atomic E-state index is 12.0. The Morgan fingerprint density at radius 1 is 1.14 bits per heavy atom. The number of nitrogens with one attached hydrogen (secondary N) is 1. The molecule has 0 saturated carbocycles. The predicted molar refractivity (Wildman–Crippen MR) is 85.8 cm³/mol. The van der Waals surface area contributed by atoms with Gasteiger partial charge in [0.1, 0.15) is 0 Å². The summed E-state index contributed by atoms with van der Waals surface area (Å²) in [4.78, 5) is 23.9. The van der Waals surface area contributed by atoms with Crippen LogP contribution < -0.4 is 11.1 Å². The molecule has 3 N–H and O–H groups in total. The first-order chi connectivity index (χ1) is 10.5. The van der Waals surface area contributed by atoms with Crippen LogP contribution in [-0.2, 0) is 9.53 Å².